The van der Waals surface area contributed by atoms with E-state index < -0.39 is 5.54 Å². The van der Waals surface area contributed by atoms with Gasteiger partial charge < -0.3 is 10.2 Å². The van der Waals surface area contributed by atoms with Gasteiger partial charge in [0.05, 0.1) is 18.8 Å². The number of nitrogens with zero attached hydrogens (tertiary/aromatic N) is 3. The first kappa shape index (κ1) is 21.1. The molecule has 4 rings (SSSR count). The Hall–Kier alpha value is -2.15. The van der Waals surface area contributed by atoms with E-state index in [-0.39, 0.29) is 23.3 Å². The van der Waals surface area contributed by atoms with E-state index in [4.69, 9.17) is 5.10 Å². The number of hydrogen-bond donors (Lipinski definition) is 1. The van der Waals surface area contributed by atoms with Gasteiger partial charge in [0.25, 0.3) is 5.91 Å². The van der Waals surface area contributed by atoms with Gasteiger partial charge in [0, 0.05) is 16.3 Å². The Morgan fingerprint density at radius 3 is 2.67 bits per heavy atom. The molecule has 1 unspecified atom stereocenters. The molecular weight excluding hydrogens is 396 g/mol. The van der Waals surface area contributed by atoms with E-state index in [1.54, 1.807) is 20.9 Å². The topological polar surface area (TPSA) is 67.2 Å². The van der Waals surface area contributed by atoms with E-state index in [0.717, 1.165) is 36.3 Å². The number of aromatic nitrogens is 2. The molecule has 1 fully saturated rings. The fraction of sp³-hybridized carbons (Fsp3) is 0.609. The third-order valence-corrected chi connectivity index (χ3v) is 7.25. The van der Waals surface area contributed by atoms with Gasteiger partial charge in [0.2, 0.25) is 5.91 Å². The lowest BCUT2D eigenvalue weighted by Gasteiger charge is -2.44. The average Bonchev–Trinajstić information content (AvgIpc) is 3.35. The van der Waals surface area contributed by atoms with Crippen molar-refractivity contribution in [2.24, 2.45) is 0 Å². The van der Waals surface area contributed by atoms with Gasteiger partial charge in [-0.15, -0.1) is 11.3 Å². The Kier molecular flexibility index (Phi) is 5.51. The highest BCUT2D eigenvalue weighted by atomic mass is 32.1. The molecule has 0 spiro atoms. The van der Waals surface area contributed by atoms with Crippen molar-refractivity contribution in [1.29, 1.82) is 0 Å². The van der Waals surface area contributed by atoms with Crippen molar-refractivity contribution in [3.8, 4) is 0 Å². The molecule has 1 saturated carbocycles. The molecule has 30 heavy (non-hydrogen) atoms. The summed E-state index contributed by atoms with van der Waals surface area (Å²) in [6.45, 7) is 8.95. The summed E-state index contributed by atoms with van der Waals surface area (Å²) in [5.74, 6) is -0.197. The maximum atomic E-state index is 13.6. The molecule has 3 heterocycles. The van der Waals surface area contributed by atoms with Gasteiger partial charge in [0.15, 0.2) is 0 Å². The zero-order chi connectivity index (χ0) is 21.5. The van der Waals surface area contributed by atoms with Crippen molar-refractivity contribution in [1.82, 2.24) is 20.0 Å². The minimum atomic E-state index is -0.979. The number of hydrogen-bond acceptors (Lipinski definition) is 4. The number of thiophene rings is 1. The zero-order valence-corrected chi connectivity index (χ0v) is 19.2. The molecule has 1 aliphatic carbocycles. The van der Waals surface area contributed by atoms with Gasteiger partial charge in [-0.05, 0) is 37.3 Å². The Balaban J connectivity index is 1.68. The first-order chi connectivity index (χ1) is 14.2. The lowest BCUT2D eigenvalue weighted by atomic mass is 9.90. The van der Waals surface area contributed by atoms with Crippen LogP contribution in [-0.4, -0.2) is 38.1 Å². The smallest absolute Gasteiger partial charge is 0.273 e. The van der Waals surface area contributed by atoms with E-state index in [0.29, 0.717) is 18.8 Å². The first-order valence-electron chi connectivity index (χ1n) is 10.9. The van der Waals surface area contributed by atoms with Crippen molar-refractivity contribution >= 4 is 23.2 Å². The lowest BCUT2D eigenvalue weighted by Crippen LogP contribution is -2.64. The van der Waals surface area contributed by atoms with Crippen molar-refractivity contribution in [3.63, 3.8) is 0 Å². The molecule has 1 aliphatic heterocycles. The normalized spacial score (nSPS) is 22.8. The molecule has 162 valence electrons. The second kappa shape index (κ2) is 7.84. The average molecular weight is 429 g/mol. The molecule has 2 aromatic heterocycles. The van der Waals surface area contributed by atoms with Crippen LogP contribution in [0.1, 0.15) is 80.9 Å². The van der Waals surface area contributed by atoms with Crippen LogP contribution < -0.4 is 5.32 Å². The van der Waals surface area contributed by atoms with Crippen LogP contribution in [0.25, 0.3) is 0 Å². The van der Waals surface area contributed by atoms with Crippen LogP contribution in [0.5, 0.6) is 0 Å². The standard InChI is InChI=1S/C23H32N4O2S/c1-22(2,3)19-13-18-20(28)26(14-17-11-8-12-30-17)23(4,15-27(18)25-19)21(29)24-16-9-6-5-7-10-16/h8,11-13,16H,5-7,9-10,14-15H2,1-4H3,(H,24,29). The molecule has 6 nitrogen and oxygen atoms in total. The van der Waals surface area contributed by atoms with Gasteiger partial charge in [-0.2, -0.15) is 5.10 Å². The van der Waals surface area contributed by atoms with Gasteiger partial charge in [-0.3, -0.25) is 14.3 Å². The number of nitrogens with one attached hydrogen (secondary N) is 1. The first-order valence-corrected chi connectivity index (χ1v) is 11.8. The van der Waals surface area contributed by atoms with Crippen molar-refractivity contribution in [2.75, 3.05) is 0 Å². The minimum absolute atomic E-state index is 0.0715. The molecular formula is C23H32N4O2S. The number of fused-ring (bicyclic) bond motifs is 1. The summed E-state index contributed by atoms with van der Waals surface area (Å²) in [5, 5.41) is 9.98. The van der Waals surface area contributed by atoms with Crippen molar-refractivity contribution in [3.05, 3.63) is 39.8 Å². The number of carbonyl (C=O) groups is 2. The summed E-state index contributed by atoms with van der Waals surface area (Å²) in [6.07, 6.45) is 5.57. The second-order valence-corrected chi connectivity index (χ2v) is 10.9. The molecule has 7 heteroatoms. The zero-order valence-electron chi connectivity index (χ0n) is 18.4. The quantitative estimate of drug-likeness (QED) is 0.797. The predicted octanol–water partition coefficient (Wildman–Crippen LogP) is 4.11. The molecule has 1 N–H and O–H groups in total. The highest BCUT2D eigenvalue weighted by Crippen LogP contribution is 2.33. The highest BCUT2D eigenvalue weighted by Gasteiger charge is 2.48. The Labute approximate surface area is 182 Å². The summed E-state index contributed by atoms with van der Waals surface area (Å²) in [4.78, 5) is 30.0. The van der Waals surface area contributed by atoms with Gasteiger partial charge in [-0.25, -0.2) is 0 Å². The monoisotopic (exact) mass is 428 g/mol. The second-order valence-electron chi connectivity index (χ2n) is 9.88. The van der Waals surface area contributed by atoms with Crippen LogP contribution in [0, 0.1) is 0 Å². The Morgan fingerprint density at radius 2 is 2.03 bits per heavy atom. The number of rotatable bonds is 4. The fourth-order valence-electron chi connectivity index (χ4n) is 4.40. The Bertz CT molecular complexity index is 922. The van der Waals surface area contributed by atoms with Gasteiger partial charge >= 0.3 is 0 Å². The van der Waals surface area contributed by atoms with Gasteiger partial charge in [0.1, 0.15) is 11.2 Å². The summed E-state index contributed by atoms with van der Waals surface area (Å²) in [7, 11) is 0. The largest absolute Gasteiger partial charge is 0.351 e. The van der Waals surface area contributed by atoms with E-state index >= 15 is 0 Å². The van der Waals surface area contributed by atoms with Crippen LogP contribution in [0.3, 0.4) is 0 Å². The van der Waals surface area contributed by atoms with Crippen molar-refractivity contribution in [2.45, 2.75) is 89.9 Å². The fourth-order valence-corrected chi connectivity index (χ4v) is 5.09. The molecule has 0 saturated heterocycles. The molecule has 2 aromatic rings. The van der Waals surface area contributed by atoms with Crippen LogP contribution in [0.2, 0.25) is 0 Å². The highest BCUT2D eigenvalue weighted by molar-refractivity contribution is 7.09. The third kappa shape index (κ3) is 3.92. The minimum Gasteiger partial charge on any atom is -0.351 e. The van der Waals surface area contributed by atoms with Crippen LogP contribution in [0.15, 0.2) is 23.6 Å². The SMILES string of the molecule is CC(C)(C)c1cc2n(n1)CC(C)(C(=O)NC1CCCCC1)N(Cc1cccs1)C2=O. The van der Waals surface area contributed by atoms with Crippen LogP contribution in [-0.2, 0) is 23.3 Å². The number of amides is 2. The molecule has 0 radical (unpaired) electrons. The third-order valence-electron chi connectivity index (χ3n) is 6.39. The molecule has 1 atom stereocenters. The predicted molar refractivity (Wildman–Crippen MR) is 119 cm³/mol. The summed E-state index contributed by atoms with van der Waals surface area (Å²) < 4.78 is 1.74. The molecule has 2 aliphatic rings. The van der Waals surface area contributed by atoms with E-state index in [1.165, 1.54) is 6.42 Å². The maximum Gasteiger partial charge on any atom is 0.273 e. The molecule has 2 amide bonds. The van der Waals surface area contributed by atoms with E-state index in [9.17, 15) is 9.59 Å². The summed E-state index contributed by atoms with van der Waals surface area (Å²) >= 11 is 1.61. The molecule has 0 aromatic carbocycles. The van der Waals surface area contributed by atoms with E-state index in [2.05, 4.69) is 26.1 Å². The van der Waals surface area contributed by atoms with Crippen molar-refractivity contribution < 1.29 is 9.59 Å². The molecule has 0 bridgehead atoms. The van der Waals surface area contributed by atoms with Gasteiger partial charge in [-0.1, -0.05) is 46.1 Å². The Morgan fingerprint density at radius 1 is 1.30 bits per heavy atom. The summed E-state index contributed by atoms with van der Waals surface area (Å²) in [5.41, 5.74) is 0.301. The van der Waals surface area contributed by atoms with Crippen LogP contribution in [0.4, 0.5) is 0 Å². The maximum absolute atomic E-state index is 13.6. The van der Waals surface area contributed by atoms with E-state index in [1.807, 2.05) is 30.5 Å². The number of carbonyl (C=O) groups excluding carboxylic acids is 2. The van der Waals surface area contributed by atoms with Crippen LogP contribution >= 0.6 is 11.3 Å². The lowest BCUT2D eigenvalue weighted by molar-refractivity contribution is -0.134. The summed E-state index contributed by atoms with van der Waals surface area (Å²) in [6, 6.07) is 6.09.